The van der Waals surface area contributed by atoms with Crippen molar-refractivity contribution >= 4 is 45.6 Å². The fourth-order valence-corrected chi connectivity index (χ4v) is 2.86. The van der Waals surface area contributed by atoms with E-state index in [2.05, 4.69) is 5.10 Å². The molecule has 0 atom stereocenters. The Labute approximate surface area is 148 Å². The molecule has 0 radical (unpaired) electrons. The fourth-order valence-electron chi connectivity index (χ4n) is 2.44. The summed E-state index contributed by atoms with van der Waals surface area (Å²) in [6.45, 7) is 0.474. The van der Waals surface area contributed by atoms with E-state index in [1.807, 2.05) is 12.1 Å². The number of benzene rings is 2. The number of hydrogen-bond donors (Lipinski definition) is 0. The molecule has 0 amide bonds. The summed E-state index contributed by atoms with van der Waals surface area (Å²) in [5.41, 5.74) is 1.44. The van der Waals surface area contributed by atoms with E-state index in [4.69, 9.17) is 34.8 Å². The first kappa shape index (κ1) is 16.3. The van der Waals surface area contributed by atoms with Crippen molar-refractivity contribution in [2.45, 2.75) is 13.0 Å². The Morgan fingerprint density at radius 1 is 0.957 bits per heavy atom. The van der Waals surface area contributed by atoms with E-state index in [0.29, 0.717) is 40.0 Å². The van der Waals surface area contributed by atoms with E-state index in [-0.39, 0.29) is 5.56 Å². The third-order valence-corrected chi connectivity index (χ3v) is 4.30. The van der Waals surface area contributed by atoms with Gasteiger partial charge in [-0.1, -0.05) is 35.3 Å². The Bertz CT molecular complexity index is 904. The highest BCUT2D eigenvalue weighted by molar-refractivity contribution is 6.31. The molecule has 3 rings (SSSR count). The maximum atomic E-state index is 12.6. The van der Waals surface area contributed by atoms with Crippen LogP contribution in [0.4, 0.5) is 0 Å². The Kier molecular flexibility index (Phi) is 4.90. The van der Waals surface area contributed by atoms with Crippen molar-refractivity contribution in [3.8, 4) is 11.3 Å². The number of hydrogen-bond acceptors (Lipinski definition) is 2. The molecule has 0 aliphatic rings. The molecule has 3 aromatic rings. The molecule has 1 heterocycles. The quantitative estimate of drug-likeness (QED) is 0.608. The molecule has 118 valence electrons. The molecule has 1 aromatic heterocycles. The number of aryl methyl sites for hydroxylation is 1. The van der Waals surface area contributed by atoms with Crippen LogP contribution < -0.4 is 5.56 Å². The monoisotopic (exact) mass is 366 g/mol. The second-order valence-corrected chi connectivity index (χ2v) is 6.37. The van der Waals surface area contributed by atoms with Crippen LogP contribution in [0.5, 0.6) is 0 Å². The minimum atomic E-state index is -0.139. The first-order valence-electron chi connectivity index (χ1n) is 7.12. The Morgan fingerprint density at radius 3 is 2.35 bits per heavy atom. The normalized spacial score (nSPS) is 11.1. The molecule has 0 unspecified atom stereocenters. The highest BCUT2D eigenvalue weighted by atomic mass is 35.5. The van der Waals surface area contributed by atoms with Crippen LogP contribution in [-0.2, 0) is 6.54 Å². The van der Waals surface area contributed by atoms with Gasteiger partial charge in [0, 0.05) is 33.4 Å². The van der Waals surface area contributed by atoms with Crippen LogP contribution >= 0.6 is 34.8 Å². The van der Waals surface area contributed by atoms with E-state index in [0.717, 1.165) is 10.9 Å². The number of rotatable bonds is 4. The summed E-state index contributed by atoms with van der Waals surface area (Å²) in [7, 11) is 0. The first-order chi connectivity index (χ1) is 11.1. The Balaban J connectivity index is 2.29. The zero-order valence-corrected chi connectivity index (χ0v) is 14.4. The molecule has 0 spiro atoms. The van der Waals surface area contributed by atoms with E-state index >= 15 is 0 Å². The largest absolute Gasteiger partial charge is 0.274 e. The van der Waals surface area contributed by atoms with Crippen molar-refractivity contribution in [1.29, 1.82) is 0 Å². The second-order valence-electron chi connectivity index (χ2n) is 5.12. The molecule has 0 saturated heterocycles. The van der Waals surface area contributed by atoms with Gasteiger partial charge >= 0.3 is 0 Å². The van der Waals surface area contributed by atoms with E-state index in [1.165, 1.54) is 4.68 Å². The third kappa shape index (κ3) is 3.37. The van der Waals surface area contributed by atoms with Crippen LogP contribution in [0.1, 0.15) is 6.42 Å². The molecular weight excluding hydrogens is 355 g/mol. The first-order valence-corrected chi connectivity index (χ1v) is 8.41. The van der Waals surface area contributed by atoms with Gasteiger partial charge in [0.2, 0.25) is 0 Å². The van der Waals surface area contributed by atoms with Crippen LogP contribution in [0.25, 0.3) is 22.0 Å². The highest BCUT2D eigenvalue weighted by Gasteiger charge is 2.12. The summed E-state index contributed by atoms with van der Waals surface area (Å²) in [5.74, 6) is 0.475. The van der Waals surface area contributed by atoms with Crippen molar-refractivity contribution in [1.82, 2.24) is 9.78 Å². The Morgan fingerprint density at radius 2 is 1.65 bits per heavy atom. The second kappa shape index (κ2) is 6.91. The van der Waals surface area contributed by atoms with Gasteiger partial charge in [-0.25, -0.2) is 4.68 Å². The zero-order valence-electron chi connectivity index (χ0n) is 12.1. The minimum absolute atomic E-state index is 0.139. The van der Waals surface area contributed by atoms with Crippen molar-refractivity contribution in [3.05, 3.63) is 62.9 Å². The van der Waals surface area contributed by atoms with Crippen LogP contribution in [0.15, 0.2) is 47.3 Å². The lowest BCUT2D eigenvalue weighted by molar-refractivity contribution is 0.578. The van der Waals surface area contributed by atoms with Gasteiger partial charge in [0.05, 0.1) is 11.1 Å². The lowest BCUT2D eigenvalue weighted by atomic mass is 10.1. The molecule has 0 aliphatic heterocycles. The maximum Gasteiger partial charge on any atom is 0.274 e. The van der Waals surface area contributed by atoms with Gasteiger partial charge in [-0.2, -0.15) is 5.10 Å². The van der Waals surface area contributed by atoms with E-state index < -0.39 is 0 Å². The summed E-state index contributed by atoms with van der Waals surface area (Å²) in [6.07, 6.45) is 0.674. The van der Waals surface area contributed by atoms with Crippen LogP contribution in [0, 0.1) is 0 Å². The lowest BCUT2D eigenvalue weighted by Gasteiger charge is -2.11. The van der Waals surface area contributed by atoms with Gasteiger partial charge in [-0.3, -0.25) is 4.79 Å². The minimum Gasteiger partial charge on any atom is -0.267 e. The van der Waals surface area contributed by atoms with Gasteiger partial charge in [0.25, 0.3) is 5.56 Å². The van der Waals surface area contributed by atoms with Crippen molar-refractivity contribution in [2.24, 2.45) is 0 Å². The predicted octanol–water partition coefficient (Wildman–Crippen LogP) is 5.00. The molecule has 3 nitrogen and oxygen atoms in total. The average Bonchev–Trinajstić information content (AvgIpc) is 2.55. The van der Waals surface area contributed by atoms with Crippen molar-refractivity contribution in [2.75, 3.05) is 5.88 Å². The predicted molar refractivity (Wildman–Crippen MR) is 96.8 cm³/mol. The number of halogens is 3. The third-order valence-electron chi connectivity index (χ3n) is 3.54. The molecular formula is C17H13Cl3N2O. The molecule has 0 aliphatic carbocycles. The molecule has 0 fully saturated rings. The van der Waals surface area contributed by atoms with Gasteiger partial charge in [0.1, 0.15) is 0 Å². The standard InChI is InChI=1S/C17H13Cl3N2O/c18-8-1-9-22-17(23)14-7-6-13(20)10-15(14)16(21-22)11-2-4-12(19)5-3-11/h2-7,10H,1,8-9H2. The molecule has 0 N–H and O–H groups in total. The number of alkyl halides is 1. The fraction of sp³-hybridized carbons (Fsp3) is 0.176. The molecule has 0 bridgehead atoms. The smallest absolute Gasteiger partial charge is 0.267 e. The topological polar surface area (TPSA) is 34.9 Å². The van der Waals surface area contributed by atoms with Crippen LogP contribution in [0.2, 0.25) is 10.0 Å². The van der Waals surface area contributed by atoms with Gasteiger partial charge in [-0.05, 0) is 36.8 Å². The zero-order chi connectivity index (χ0) is 16.4. The summed E-state index contributed by atoms with van der Waals surface area (Å²) < 4.78 is 1.46. The molecule has 23 heavy (non-hydrogen) atoms. The lowest BCUT2D eigenvalue weighted by Crippen LogP contribution is -2.24. The highest BCUT2D eigenvalue weighted by Crippen LogP contribution is 2.28. The number of nitrogens with zero attached hydrogens (tertiary/aromatic N) is 2. The van der Waals surface area contributed by atoms with Crippen molar-refractivity contribution < 1.29 is 0 Å². The Hall–Kier alpha value is -1.55. The molecule has 0 saturated carbocycles. The summed E-state index contributed by atoms with van der Waals surface area (Å²) in [5, 5.41) is 7.05. The van der Waals surface area contributed by atoms with Gasteiger partial charge < -0.3 is 0 Å². The molecule has 6 heteroatoms. The summed E-state index contributed by atoms with van der Waals surface area (Å²) in [4.78, 5) is 12.6. The van der Waals surface area contributed by atoms with Crippen LogP contribution in [-0.4, -0.2) is 15.7 Å². The van der Waals surface area contributed by atoms with Crippen LogP contribution in [0.3, 0.4) is 0 Å². The van der Waals surface area contributed by atoms with Crippen molar-refractivity contribution in [3.63, 3.8) is 0 Å². The summed E-state index contributed by atoms with van der Waals surface area (Å²) >= 11 is 17.8. The number of aromatic nitrogens is 2. The SMILES string of the molecule is O=c1c2ccc(Cl)cc2c(-c2ccc(Cl)cc2)nn1CCCCl. The summed E-state index contributed by atoms with van der Waals surface area (Å²) in [6, 6.07) is 12.6. The van der Waals surface area contributed by atoms with E-state index in [1.54, 1.807) is 30.3 Å². The maximum absolute atomic E-state index is 12.6. The average molecular weight is 368 g/mol. The van der Waals surface area contributed by atoms with Gasteiger partial charge in [0.15, 0.2) is 0 Å². The van der Waals surface area contributed by atoms with Gasteiger partial charge in [-0.15, -0.1) is 11.6 Å². The molecule has 2 aromatic carbocycles. The van der Waals surface area contributed by atoms with E-state index in [9.17, 15) is 4.79 Å². The number of fused-ring (bicyclic) bond motifs is 1.